The van der Waals surface area contributed by atoms with Gasteiger partial charge in [0.2, 0.25) is 5.82 Å². The molecule has 2 atom stereocenters. The fourth-order valence-corrected chi connectivity index (χ4v) is 2.45. The highest BCUT2D eigenvalue weighted by atomic mass is 19.2. The van der Waals surface area contributed by atoms with Gasteiger partial charge < -0.3 is 10.4 Å². The van der Waals surface area contributed by atoms with Crippen molar-refractivity contribution in [2.75, 3.05) is 11.9 Å². The molecule has 0 saturated heterocycles. The Morgan fingerprint density at radius 3 is 2.00 bits per heavy atom. The van der Waals surface area contributed by atoms with Crippen molar-refractivity contribution in [1.82, 2.24) is 0 Å². The Hall–Kier alpha value is -1.37. The number of nitrogens with one attached hydrogen (secondary N) is 1. The molecule has 7 heteroatoms. The molecule has 2 unspecified atom stereocenters. The maximum atomic E-state index is 13.4. The highest BCUT2D eigenvalue weighted by Crippen LogP contribution is 2.29. The molecular weight excluding hydrogens is 281 g/mol. The number of halogens is 5. The molecule has 0 bridgehead atoms. The SMILES string of the molecule is OC1CCCC(CNc2c(F)c(F)c(F)c(F)c2F)C1. The smallest absolute Gasteiger partial charge is 0.200 e. The summed E-state index contributed by atoms with van der Waals surface area (Å²) in [5.74, 6) is -9.88. The standard InChI is InChI=1S/C13H14F5NO/c14-8-9(15)11(17)13(12(18)10(8)16)19-5-6-2-1-3-7(20)4-6/h6-7,19-20H,1-5H2. The maximum absolute atomic E-state index is 13.4. The van der Waals surface area contributed by atoms with Crippen molar-refractivity contribution < 1.29 is 27.1 Å². The molecule has 2 nitrogen and oxygen atoms in total. The minimum Gasteiger partial charge on any atom is -0.393 e. The Balaban J connectivity index is 2.13. The highest BCUT2D eigenvalue weighted by molar-refractivity contribution is 5.47. The molecule has 1 fully saturated rings. The summed E-state index contributed by atoms with van der Waals surface area (Å²) in [6.07, 6.45) is 2.14. The number of aliphatic hydroxyl groups is 1. The second-order valence-electron chi connectivity index (χ2n) is 5.01. The Bertz CT molecular complexity index is 479. The average Bonchev–Trinajstić information content (AvgIpc) is 2.43. The van der Waals surface area contributed by atoms with Gasteiger partial charge in [0.25, 0.3) is 0 Å². The van der Waals surface area contributed by atoms with Crippen molar-refractivity contribution in [3.05, 3.63) is 29.1 Å². The van der Waals surface area contributed by atoms with Gasteiger partial charge in [0.1, 0.15) is 5.69 Å². The van der Waals surface area contributed by atoms with E-state index in [1.165, 1.54) is 0 Å². The molecule has 0 heterocycles. The Morgan fingerprint density at radius 1 is 0.900 bits per heavy atom. The van der Waals surface area contributed by atoms with Crippen LogP contribution in [0, 0.1) is 35.0 Å². The van der Waals surface area contributed by atoms with Crippen LogP contribution >= 0.6 is 0 Å². The van der Waals surface area contributed by atoms with Gasteiger partial charge in [0.05, 0.1) is 6.10 Å². The molecular formula is C13H14F5NO. The second-order valence-corrected chi connectivity index (χ2v) is 5.01. The molecule has 0 radical (unpaired) electrons. The first kappa shape index (κ1) is 15.0. The van der Waals surface area contributed by atoms with Gasteiger partial charge in [-0.15, -0.1) is 0 Å². The van der Waals surface area contributed by atoms with Crippen molar-refractivity contribution in [1.29, 1.82) is 0 Å². The van der Waals surface area contributed by atoms with Crippen LogP contribution in [-0.2, 0) is 0 Å². The minimum atomic E-state index is -2.17. The van der Waals surface area contributed by atoms with Crippen LogP contribution in [0.1, 0.15) is 25.7 Å². The monoisotopic (exact) mass is 295 g/mol. The second kappa shape index (κ2) is 5.95. The molecule has 0 aromatic heterocycles. The molecule has 0 aliphatic heterocycles. The van der Waals surface area contributed by atoms with Gasteiger partial charge in [-0.1, -0.05) is 6.42 Å². The maximum Gasteiger partial charge on any atom is 0.200 e. The van der Waals surface area contributed by atoms with Gasteiger partial charge >= 0.3 is 0 Å². The van der Waals surface area contributed by atoms with Crippen LogP contribution in [-0.4, -0.2) is 17.8 Å². The van der Waals surface area contributed by atoms with Crippen LogP contribution < -0.4 is 5.32 Å². The van der Waals surface area contributed by atoms with Crippen molar-refractivity contribution in [3.63, 3.8) is 0 Å². The number of anilines is 1. The topological polar surface area (TPSA) is 32.3 Å². The molecule has 1 aliphatic carbocycles. The molecule has 1 saturated carbocycles. The predicted octanol–water partition coefficient (Wildman–Crippen LogP) is 3.35. The van der Waals surface area contributed by atoms with E-state index in [4.69, 9.17) is 0 Å². The summed E-state index contributed by atoms with van der Waals surface area (Å²) in [6, 6.07) is 0. The molecule has 20 heavy (non-hydrogen) atoms. The van der Waals surface area contributed by atoms with E-state index in [1.54, 1.807) is 0 Å². The van der Waals surface area contributed by atoms with Gasteiger partial charge in [-0.2, -0.15) is 0 Å². The van der Waals surface area contributed by atoms with Crippen LogP contribution in [0.5, 0.6) is 0 Å². The number of rotatable bonds is 3. The molecule has 2 rings (SSSR count). The molecule has 112 valence electrons. The fourth-order valence-electron chi connectivity index (χ4n) is 2.45. The van der Waals surface area contributed by atoms with Crippen LogP contribution in [0.4, 0.5) is 27.6 Å². The van der Waals surface area contributed by atoms with E-state index in [1.807, 2.05) is 0 Å². The number of benzene rings is 1. The first-order valence-corrected chi connectivity index (χ1v) is 6.35. The van der Waals surface area contributed by atoms with E-state index < -0.39 is 40.9 Å². The number of hydrogen-bond donors (Lipinski definition) is 2. The fraction of sp³-hybridized carbons (Fsp3) is 0.538. The van der Waals surface area contributed by atoms with Gasteiger partial charge in [-0.05, 0) is 25.2 Å². The van der Waals surface area contributed by atoms with Gasteiger partial charge in [-0.25, -0.2) is 22.0 Å². The van der Waals surface area contributed by atoms with Gasteiger partial charge in [0.15, 0.2) is 23.3 Å². The summed E-state index contributed by atoms with van der Waals surface area (Å²) in [6.45, 7) is 0.0510. The van der Waals surface area contributed by atoms with Gasteiger partial charge in [0, 0.05) is 6.54 Å². The third-order valence-corrected chi connectivity index (χ3v) is 3.53. The summed E-state index contributed by atoms with van der Waals surface area (Å²) in [5, 5.41) is 11.7. The quantitative estimate of drug-likeness (QED) is 0.509. The first-order valence-electron chi connectivity index (χ1n) is 6.35. The summed E-state index contributed by atoms with van der Waals surface area (Å²) in [5.41, 5.74) is -1.01. The van der Waals surface area contributed by atoms with Crippen LogP contribution in [0.3, 0.4) is 0 Å². The third kappa shape index (κ3) is 2.87. The summed E-state index contributed by atoms with van der Waals surface area (Å²) in [7, 11) is 0. The molecule has 1 aromatic carbocycles. The lowest BCUT2D eigenvalue weighted by Crippen LogP contribution is -2.25. The largest absolute Gasteiger partial charge is 0.393 e. The molecule has 2 N–H and O–H groups in total. The lowest BCUT2D eigenvalue weighted by atomic mass is 9.87. The lowest BCUT2D eigenvalue weighted by molar-refractivity contribution is 0.104. The normalized spacial score (nSPS) is 22.9. The average molecular weight is 295 g/mol. The van der Waals surface area contributed by atoms with E-state index >= 15 is 0 Å². The number of hydrogen-bond acceptors (Lipinski definition) is 2. The van der Waals surface area contributed by atoms with Crippen LogP contribution in [0.2, 0.25) is 0 Å². The molecule has 0 amide bonds. The molecule has 1 aliphatic rings. The molecule has 0 spiro atoms. The zero-order valence-corrected chi connectivity index (χ0v) is 10.5. The summed E-state index contributed by atoms with van der Waals surface area (Å²) >= 11 is 0. The Kier molecular flexibility index (Phi) is 4.47. The van der Waals surface area contributed by atoms with E-state index in [9.17, 15) is 27.1 Å². The van der Waals surface area contributed by atoms with Crippen molar-refractivity contribution in [2.24, 2.45) is 5.92 Å². The zero-order chi connectivity index (χ0) is 14.9. The van der Waals surface area contributed by atoms with Crippen molar-refractivity contribution >= 4 is 5.69 Å². The van der Waals surface area contributed by atoms with E-state index in [2.05, 4.69) is 5.32 Å². The highest BCUT2D eigenvalue weighted by Gasteiger charge is 2.27. The van der Waals surface area contributed by atoms with Crippen LogP contribution in [0.25, 0.3) is 0 Å². The van der Waals surface area contributed by atoms with E-state index in [0.717, 1.165) is 12.8 Å². The molecule has 1 aromatic rings. The van der Waals surface area contributed by atoms with E-state index in [-0.39, 0.29) is 12.5 Å². The zero-order valence-electron chi connectivity index (χ0n) is 10.5. The summed E-state index contributed by atoms with van der Waals surface area (Å²) in [4.78, 5) is 0. The van der Waals surface area contributed by atoms with E-state index in [0.29, 0.717) is 12.8 Å². The van der Waals surface area contributed by atoms with Gasteiger partial charge in [-0.3, -0.25) is 0 Å². The first-order chi connectivity index (χ1) is 9.41. The predicted molar refractivity (Wildman–Crippen MR) is 62.7 cm³/mol. The number of aliphatic hydroxyl groups excluding tert-OH is 1. The Morgan fingerprint density at radius 2 is 1.45 bits per heavy atom. The van der Waals surface area contributed by atoms with Crippen molar-refractivity contribution in [3.8, 4) is 0 Å². The summed E-state index contributed by atoms with van der Waals surface area (Å²) < 4.78 is 65.6. The van der Waals surface area contributed by atoms with Crippen molar-refractivity contribution in [2.45, 2.75) is 31.8 Å². The Labute approximate surface area is 112 Å². The minimum absolute atomic E-state index is 0.0510. The van der Waals surface area contributed by atoms with Crippen LogP contribution in [0.15, 0.2) is 0 Å². The third-order valence-electron chi connectivity index (χ3n) is 3.53. The lowest BCUT2D eigenvalue weighted by Gasteiger charge is -2.26.